The summed E-state index contributed by atoms with van der Waals surface area (Å²) in [6.45, 7) is 5.95. The average Bonchev–Trinajstić information content (AvgIpc) is 2.61. The number of hydrogen-bond donors (Lipinski definition) is 2. The molecule has 1 heterocycles. The van der Waals surface area contributed by atoms with Crippen LogP contribution in [0.3, 0.4) is 0 Å². The molecule has 0 radical (unpaired) electrons. The lowest BCUT2D eigenvalue weighted by atomic mass is 9.99. The summed E-state index contributed by atoms with van der Waals surface area (Å²) in [7, 11) is -3.59. The summed E-state index contributed by atoms with van der Waals surface area (Å²) in [5.74, 6) is -0.0670. The average molecular weight is 375 g/mol. The fourth-order valence-electron chi connectivity index (χ4n) is 2.60. The van der Waals surface area contributed by atoms with Crippen LogP contribution in [0, 0.1) is 13.8 Å². The monoisotopic (exact) mass is 375 g/mol. The fraction of sp³-hybridized carbons (Fsp3) is 0.368. The van der Waals surface area contributed by atoms with E-state index in [1.807, 2.05) is 32.0 Å². The number of rotatable bonds is 8. The van der Waals surface area contributed by atoms with Gasteiger partial charge in [-0.2, -0.15) is 0 Å². The van der Waals surface area contributed by atoms with Crippen molar-refractivity contribution in [2.75, 3.05) is 13.1 Å². The minimum absolute atomic E-state index is 0.0512. The summed E-state index contributed by atoms with van der Waals surface area (Å²) < 4.78 is 27.3. The van der Waals surface area contributed by atoms with Crippen molar-refractivity contribution in [3.63, 3.8) is 0 Å². The second kappa shape index (κ2) is 8.91. The van der Waals surface area contributed by atoms with Crippen LogP contribution in [0.1, 0.15) is 36.0 Å². The predicted molar refractivity (Wildman–Crippen MR) is 101 cm³/mol. The minimum Gasteiger partial charge on any atom is -0.355 e. The Morgan fingerprint density at radius 2 is 1.96 bits per heavy atom. The molecule has 1 aromatic carbocycles. The molecule has 2 N–H and O–H groups in total. The molecule has 1 atom stereocenters. The Balaban J connectivity index is 1.80. The maximum atomic E-state index is 12.4. The molecular formula is C19H25N3O3S. The van der Waals surface area contributed by atoms with Crippen LogP contribution in [-0.4, -0.2) is 32.4 Å². The molecule has 0 bridgehead atoms. The van der Waals surface area contributed by atoms with Crippen LogP contribution in [0.5, 0.6) is 0 Å². The molecule has 0 aliphatic carbocycles. The van der Waals surface area contributed by atoms with Gasteiger partial charge in [0.2, 0.25) is 15.9 Å². The maximum Gasteiger partial charge on any atom is 0.240 e. The molecule has 1 amide bonds. The molecule has 6 nitrogen and oxygen atoms in total. The number of amides is 1. The molecule has 26 heavy (non-hydrogen) atoms. The van der Waals surface area contributed by atoms with E-state index in [9.17, 15) is 13.2 Å². The van der Waals surface area contributed by atoms with E-state index in [2.05, 4.69) is 15.0 Å². The number of pyridine rings is 1. The van der Waals surface area contributed by atoms with Gasteiger partial charge >= 0.3 is 0 Å². The molecule has 0 unspecified atom stereocenters. The topological polar surface area (TPSA) is 88.2 Å². The molecule has 140 valence electrons. The molecule has 0 saturated carbocycles. The lowest BCUT2D eigenvalue weighted by Gasteiger charge is -2.13. The molecule has 0 fully saturated rings. The number of sulfonamides is 1. The van der Waals surface area contributed by atoms with Crippen LogP contribution in [0.15, 0.2) is 47.6 Å². The lowest BCUT2D eigenvalue weighted by Crippen LogP contribution is -2.35. The van der Waals surface area contributed by atoms with Crippen molar-refractivity contribution in [1.29, 1.82) is 0 Å². The second-order valence-electron chi connectivity index (χ2n) is 6.41. The Morgan fingerprint density at radius 1 is 1.19 bits per heavy atom. The van der Waals surface area contributed by atoms with Gasteiger partial charge in [0.1, 0.15) is 0 Å². The van der Waals surface area contributed by atoms with Crippen LogP contribution in [0.25, 0.3) is 0 Å². The maximum absolute atomic E-state index is 12.4. The van der Waals surface area contributed by atoms with Crippen molar-refractivity contribution in [3.05, 3.63) is 59.4 Å². The van der Waals surface area contributed by atoms with Gasteiger partial charge in [-0.15, -0.1) is 0 Å². The Labute approximate surface area is 155 Å². The first kappa shape index (κ1) is 20.1. The molecule has 7 heteroatoms. The molecule has 0 spiro atoms. The van der Waals surface area contributed by atoms with E-state index >= 15 is 0 Å². The number of hydrogen-bond acceptors (Lipinski definition) is 4. The van der Waals surface area contributed by atoms with Gasteiger partial charge in [0, 0.05) is 31.9 Å². The summed E-state index contributed by atoms with van der Waals surface area (Å²) in [5, 5.41) is 2.75. The van der Waals surface area contributed by atoms with Crippen molar-refractivity contribution in [2.45, 2.75) is 38.0 Å². The summed E-state index contributed by atoms with van der Waals surface area (Å²) >= 11 is 0. The van der Waals surface area contributed by atoms with E-state index in [0.29, 0.717) is 12.0 Å². The third-order valence-corrected chi connectivity index (χ3v) is 5.72. The van der Waals surface area contributed by atoms with Crippen LogP contribution < -0.4 is 10.0 Å². The van der Waals surface area contributed by atoms with Gasteiger partial charge in [-0.1, -0.05) is 25.1 Å². The second-order valence-corrected chi connectivity index (χ2v) is 8.14. The summed E-state index contributed by atoms with van der Waals surface area (Å²) in [6, 6.07) is 9.07. The summed E-state index contributed by atoms with van der Waals surface area (Å²) in [5.41, 5.74) is 2.57. The Bertz CT molecular complexity index is 852. The van der Waals surface area contributed by atoms with Gasteiger partial charge in [-0.25, -0.2) is 13.1 Å². The van der Waals surface area contributed by atoms with E-state index in [1.165, 1.54) is 0 Å². The van der Waals surface area contributed by atoms with Crippen LogP contribution in [-0.2, 0) is 14.8 Å². The predicted octanol–water partition coefficient (Wildman–Crippen LogP) is 2.29. The molecule has 1 aromatic heterocycles. The molecule has 2 rings (SSSR count). The summed E-state index contributed by atoms with van der Waals surface area (Å²) in [4.78, 5) is 16.3. The van der Waals surface area contributed by atoms with Gasteiger partial charge in [0.15, 0.2) is 0 Å². The van der Waals surface area contributed by atoms with Gasteiger partial charge in [0.05, 0.1) is 4.90 Å². The zero-order valence-corrected chi connectivity index (χ0v) is 16.1. The SMILES string of the molecule is Cc1ccc(C)c(S(=O)(=O)NCCNC(=O)C[C@@H](C)c2cccnc2)c1. The number of nitrogens with one attached hydrogen (secondary N) is 2. The van der Waals surface area contributed by atoms with Gasteiger partial charge in [-0.05, 0) is 48.6 Å². The summed E-state index contributed by atoms with van der Waals surface area (Å²) in [6.07, 6.45) is 3.77. The fourth-order valence-corrected chi connectivity index (χ4v) is 3.96. The van der Waals surface area contributed by atoms with Gasteiger partial charge in [0.25, 0.3) is 0 Å². The van der Waals surface area contributed by atoms with E-state index in [0.717, 1.165) is 11.1 Å². The van der Waals surface area contributed by atoms with Crippen molar-refractivity contribution < 1.29 is 13.2 Å². The number of carbonyl (C=O) groups is 1. The third-order valence-electron chi connectivity index (χ3n) is 4.12. The van der Waals surface area contributed by atoms with Crippen molar-refractivity contribution in [2.24, 2.45) is 0 Å². The number of aryl methyl sites for hydroxylation is 2. The van der Waals surface area contributed by atoms with Gasteiger partial charge < -0.3 is 5.32 Å². The van der Waals surface area contributed by atoms with E-state index < -0.39 is 10.0 Å². The van der Waals surface area contributed by atoms with Crippen molar-refractivity contribution in [3.8, 4) is 0 Å². The highest BCUT2D eigenvalue weighted by atomic mass is 32.2. The Kier molecular flexibility index (Phi) is 6.88. The van der Waals surface area contributed by atoms with Crippen LogP contribution in [0.2, 0.25) is 0 Å². The lowest BCUT2D eigenvalue weighted by molar-refractivity contribution is -0.121. The first-order valence-electron chi connectivity index (χ1n) is 8.53. The molecule has 2 aromatic rings. The number of nitrogens with zero attached hydrogens (tertiary/aromatic N) is 1. The largest absolute Gasteiger partial charge is 0.355 e. The Hall–Kier alpha value is -2.25. The molecule has 0 saturated heterocycles. The van der Waals surface area contributed by atoms with Crippen LogP contribution >= 0.6 is 0 Å². The third kappa shape index (κ3) is 5.64. The van der Waals surface area contributed by atoms with Gasteiger partial charge in [-0.3, -0.25) is 9.78 Å². The zero-order valence-electron chi connectivity index (χ0n) is 15.3. The highest BCUT2D eigenvalue weighted by Crippen LogP contribution is 2.17. The first-order chi connectivity index (χ1) is 12.3. The zero-order chi connectivity index (χ0) is 19.2. The number of benzene rings is 1. The number of aromatic nitrogens is 1. The van der Waals surface area contributed by atoms with Crippen LogP contribution in [0.4, 0.5) is 0 Å². The van der Waals surface area contributed by atoms with Crippen molar-refractivity contribution >= 4 is 15.9 Å². The molecule has 0 aliphatic rings. The smallest absolute Gasteiger partial charge is 0.240 e. The quantitative estimate of drug-likeness (QED) is 0.693. The standard InChI is InChI=1S/C19H25N3O3S/c1-14-6-7-15(2)18(11-14)26(24,25)22-10-9-21-19(23)12-16(3)17-5-4-8-20-13-17/h4-8,11,13,16,22H,9-10,12H2,1-3H3,(H,21,23)/t16-/m1/s1. The normalized spacial score (nSPS) is 12.6. The highest BCUT2D eigenvalue weighted by Gasteiger charge is 2.16. The minimum atomic E-state index is -3.59. The van der Waals surface area contributed by atoms with E-state index in [1.54, 1.807) is 31.5 Å². The first-order valence-corrected chi connectivity index (χ1v) is 10.0. The Morgan fingerprint density at radius 3 is 2.65 bits per heavy atom. The van der Waals surface area contributed by atoms with E-state index in [-0.39, 0.29) is 29.8 Å². The number of carbonyl (C=O) groups excluding carboxylic acids is 1. The highest BCUT2D eigenvalue weighted by molar-refractivity contribution is 7.89. The molecule has 0 aliphatic heterocycles. The molecular weight excluding hydrogens is 350 g/mol. The van der Waals surface area contributed by atoms with Crippen molar-refractivity contribution in [1.82, 2.24) is 15.0 Å². The van der Waals surface area contributed by atoms with E-state index in [4.69, 9.17) is 0 Å².